The van der Waals surface area contributed by atoms with Gasteiger partial charge in [-0.2, -0.15) is 0 Å². The van der Waals surface area contributed by atoms with Gasteiger partial charge in [-0.3, -0.25) is 14.2 Å². The molecule has 1 aliphatic rings. The van der Waals surface area contributed by atoms with Crippen molar-refractivity contribution in [2.24, 2.45) is 5.92 Å². The third-order valence-corrected chi connectivity index (χ3v) is 5.02. The van der Waals surface area contributed by atoms with Gasteiger partial charge in [0.05, 0.1) is 6.33 Å². The predicted octanol–water partition coefficient (Wildman–Crippen LogP) is 2.02. The topological polar surface area (TPSA) is 80.4 Å². The Hall–Kier alpha value is -2.38. The van der Waals surface area contributed by atoms with Gasteiger partial charge in [0.2, 0.25) is 11.5 Å². The highest BCUT2D eigenvalue weighted by molar-refractivity contribution is 6.01. The van der Waals surface area contributed by atoms with Crippen LogP contribution < -0.4 is 10.9 Å². The number of hydrogen-bond donors (Lipinski definition) is 1. The molecule has 1 saturated heterocycles. The normalized spacial score (nSPS) is 17.2. The molecular weight excluding hydrogens is 368 g/mol. The van der Waals surface area contributed by atoms with Gasteiger partial charge in [-0.05, 0) is 44.5 Å². The van der Waals surface area contributed by atoms with Crippen LogP contribution in [0, 0.1) is 5.92 Å². The third kappa shape index (κ3) is 3.70. The number of likely N-dealkylation sites (tertiary alicyclic amines) is 1. The van der Waals surface area contributed by atoms with Crippen molar-refractivity contribution in [3.05, 3.63) is 40.9 Å². The van der Waals surface area contributed by atoms with E-state index in [0.29, 0.717) is 17.0 Å². The maximum Gasteiger partial charge on any atom is 0.297 e. The Morgan fingerprint density at radius 1 is 1.37 bits per heavy atom. The molecule has 144 valence electrons. The number of amides is 1. The summed E-state index contributed by atoms with van der Waals surface area (Å²) < 4.78 is 7.01. The van der Waals surface area contributed by atoms with Crippen LogP contribution in [0.15, 0.2) is 39.8 Å². The molecule has 1 aliphatic heterocycles. The molecule has 0 saturated carbocycles. The zero-order valence-corrected chi connectivity index (χ0v) is 16.0. The van der Waals surface area contributed by atoms with Crippen molar-refractivity contribution >= 4 is 40.4 Å². The molecule has 0 radical (unpaired) electrons. The van der Waals surface area contributed by atoms with E-state index in [1.54, 1.807) is 0 Å². The molecule has 8 heteroatoms. The second-order valence-electron chi connectivity index (χ2n) is 6.86. The first kappa shape index (κ1) is 19.4. The molecule has 27 heavy (non-hydrogen) atoms. The fraction of sp³-hybridized carbons (Fsp3) is 0.421. The summed E-state index contributed by atoms with van der Waals surface area (Å²) >= 11 is 0. The Morgan fingerprint density at radius 3 is 3.00 bits per heavy atom. The van der Waals surface area contributed by atoms with Crippen LogP contribution in [0.5, 0.6) is 0 Å². The first-order valence-electron chi connectivity index (χ1n) is 8.96. The lowest BCUT2D eigenvalue weighted by molar-refractivity contribution is -0.133. The lowest BCUT2D eigenvalue weighted by atomic mass is 9.98. The highest BCUT2D eigenvalue weighted by atomic mass is 35.5. The van der Waals surface area contributed by atoms with Crippen LogP contribution >= 0.6 is 12.4 Å². The van der Waals surface area contributed by atoms with Crippen molar-refractivity contribution < 1.29 is 9.21 Å². The van der Waals surface area contributed by atoms with Crippen molar-refractivity contribution in [2.45, 2.75) is 19.4 Å². The van der Waals surface area contributed by atoms with E-state index in [2.05, 4.69) is 10.3 Å². The lowest BCUT2D eigenvalue weighted by Crippen LogP contribution is -2.44. The molecule has 1 unspecified atom stereocenters. The summed E-state index contributed by atoms with van der Waals surface area (Å²) in [6.07, 6.45) is 3.56. The zero-order chi connectivity index (χ0) is 18.1. The minimum absolute atomic E-state index is 0. The van der Waals surface area contributed by atoms with Crippen molar-refractivity contribution in [2.75, 3.05) is 26.7 Å². The zero-order valence-electron chi connectivity index (χ0n) is 15.2. The van der Waals surface area contributed by atoms with Gasteiger partial charge in [-0.1, -0.05) is 12.1 Å². The number of aromatic nitrogens is 2. The van der Waals surface area contributed by atoms with Crippen LogP contribution in [-0.2, 0) is 11.3 Å². The first-order chi connectivity index (χ1) is 12.7. The standard InChI is InChI=1S/C19H22N4O3.ClH/c1-20-9-13-5-4-8-22(10-13)16(24)11-23-12-21-17-14-6-2-3-7-15(14)26-18(17)19(23)25;/h2-3,6-7,12-13,20H,4-5,8-11H2,1H3;1H. The summed E-state index contributed by atoms with van der Waals surface area (Å²) in [6.45, 7) is 2.37. The number of para-hydroxylation sites is 1. The molecule has 1 fully saturated rings. The average molecular weight is 391 g/mol. The maximum absolute atomic E-state index is 12.7. The molecular formula is C19H23ClN4O3. The molecule has 2 aromatic heterocycles. The molecule has 1 N–H and O–H groups in total. The maximum atomic E-state index is 12.7. The van der Waals surface area contributed by atoms with E-state index >= 15 is 0 Å². The molecule has 4 rings (SSSR count). The first-order valence-corrected chi connectivity index (χ1v) is 8.96. The van der Waals surface area contributed by atoms with Crippen molar-refractivity contribution in [3.63, 3.8) is 0 Å². The van der Waals surface area contributed by atoms with Gasteiger partial charge in [0.25, 0.3) is 5.56 Å². The van der Waals surface area contributed by atoms with Gasteiger partial charge in [0.1, 0.15) is 17.6 Å². The monoisotopic (exact) mass is 390 g/mol. The van der Waals surface area contributed by atoms with Gasteiger partial charge in [-0.15, -0.1) is 12.4 Å². The largest absolute Gasteiger partial charge is 0.448 e. The summed E-state index contributed by atoms with van der Waals surface area (Å²) in [5.74, 6) is 0.413. The van der Waals surface area contributed by atoms with Crippen molar-refractivity contribution in [3.8, 4) is 0 Å². The van der Waals surface area contributed by atoms with Crippen LogP contribution in [0.1, 0.15) is 12.8 Å². The fourth-order valence-corrected chi connectivity index (χ4v) is 3.72. The average Bonchev–Trinajstić information content (AvgIpc) is 3.04. The number of nitrogens with zero attached hydrogens (tertiary/aromatic N) is 3. The Kier molecular flexibility index (Phi) is 5.82. The van der Waals surface area contributed by atoms with Gasteiger partial charge in [0.15, 0.2) is 0 Å². The van der Waals surface area contributed by atoms with Gasteiger partial charge in [0, 0.05) is 18.5 Å². The number of furan rings is 1. The second-order valence-corrected chi connectivity index (χ2v) is 6.86. The quantitative estimate of drug-likeness (QED) is 0.737. The highest BCUT2D eigenvalue weighted by Gasteiger charge is 2.24. The number of carbonyl (C=O) groups excluding carboxylic acids is 1. The minimum atomic E-state index is -0.316. The molecule has 0 aliphatic carbocycles. The Morgan fingerprint density at radius 2 is 2.19 bits per heavy atom. The van der Waals surface area contributed by atoms with Crippen molar-refractivity contribution in [1.29, 1.82) is 0 Å². The summed E-state index contributed by atoms with van der Waals surface area (Å²) in [5, 5.41) is 3.98. The number of halogens is 1. The predicted molar refractivity (Wildman–Crippen MR) is 106 cm³/mol. The summed E-state index contributed by atoms with van der Waals surface area (Å²) in [5.41, 5.74) is 1.06. The SMILES string of the molecule is CNCC1CCCN(C(=O)Cn2cnc3c(oc4ccccc43)c2=O)C1.Cl. The fourth-order valence-electron chi connectivity index (χ4n) is 3.72. The number of piperidine rings is 1. The molecule has 0 spiro atoms. The van der Waals surface area contributed by atoms with Gasteiger partial charge < -0.3 is 14.6 Å². The molecule has 3 aromatic rings. The second kappa shape index (κ2) is 8.10. The molecule has 3 heterocycles. The van der Waals surface area contributed by atoms with E-state index in [9.17, 15) is 9.59 Å². The van der Waals surface area contributed by atoms with Gasteiger partial charge in [-0.25, -0.2) is 4.98 Å². The highest BCUT2D eigenvalue weighted by Crippen LogP contribution is 2.24. The molecule has 7 nitrogen and oxygen atoms in total. The van der Waals surface area contributed by atoms with E-state index in [-0.39, 0.29) is 36.0 Å². The molecule has 0 bridgehead atoms. The van der Waals surface area contributed by atoms with E-state index in [4.69, 9.17) is 4.42 Å². The minimum Gasteiger partial charge on any atom is -0.448 e. The van der Waals surface area contributed by atoms with Crippen LogP contribution in [0.4, 0.5) is 0 Å². The van der Waals surface area contributed by atoms with Crippen LogP contribution in [-0.4, -0.2) is 47.0 Å². The Labute approximate surface area is 162 Å². The van der Waals surface area contributed by atoms with E-state index in [1.165, 1.54) is 10.9 Å². The van der Waals surface area contributed by atoms with Crippen LogP contribution in [0.2, 0.25) is 0 Å². The summed E-state index contributed by atoms with van der Waals surface area (Å²) in [4.78, 5) is 31.6. The number of nitrogens with one attached hydrogen (secondary N) is 1. The van der Waals surface area contributed by atoms with E-state index in [0.717, 1.165) is 37.9 Å². The molecule has 1 amide bonds. The molecule has 1 aromatic carbocycles. The van der Waals surface area contributed by atoms with Gasteiger partial charge >= 0.3 is 0 Å². The smallest absolute Gasteiger partial charge is 0.297 e. The number of hydrogen-bond acceptors (Lipinski definition) is 5. The van der Waals surface area contributed by atoms with Crippen LogP contribution in [0.25, 0.3) is 22.1 Å². The Bertz CT molecular complexity index is 1010. The summed E-state index contributed by atoms with van der Waals surface area (Å²) in [6, 6.07) is 7.41. The summed E-state index contributed by atoms with van der Waals surface area (Å²) in [7, 11) is 1.93. The lowest BCUT2D eigenvalue weighted by Gasteiger charge is -2.32. The van der Waals surface area contributed by atoms with Crippen LogP contribution in [0.3, 0.4) is 0 Å². The molecule has 1 atom stereocenters. The number of benzene rings is 1. The number of rotatable bonds is 4. The van der Waals surface area contributed by atoms with E-state index in [1.807, 2.05) is 36.2 Å². The number of carbonyl (C=O) groups is 1. The third-order valence-electron chi connectivity index (χ3n) is 5.02. The Balaban J connectivity index is 0.00000210. The van der Waals surface area contributed by atoms with Crippen molar-refractivity contribution in [1.82, 2.24) is 19.8 Å². The number of fused-ring (bicyclic) bond motifs is 3. The van der Waals surface area contributed by atoms with E-state index < -0.39 is 0 Å².